The summed E-state index contributed by atoms with van der Waals surface area (Å²) in [6.07, 6.45) is 3.01. The number of esters is 1. The van der Waals surface area contributed by atoms with Gasteiger partial charge in [-0.15, -0.1) is 0 Å². The SMILES string of the molecule is COC(=O)/C(C)=C/CCC#Cc1ccccc1C#CCS(=O)(=O)c1ccccc1. The van der Waals surface area contributed by atoms with Gasteiger partial charge in [0.15, 0.2) is 9.84 Å². The lowest BCUT2D eigenvalue weighted by Crippen LogP contribution is -2.04. The second-order valence-corrected chi connectivity index (χ2v) is 8.13. The van der Waals surface area contributed by atoms with Gasteiger partial charge in [-0.2, -0.15) is 0 Å². The molecule has 0 aliphatic rings. The van der Waals surface area contributed by atoms with Gasteiger partial charge in [0.05, 0.1) is 12.0 Å². The minimum Gasteiger partial charge on any atom is -0.466 e. The first-order valence-electron chi connectivity index (χ1n) is 9.03. The molecule has 0 spiro atoms. The maximum Gasteiger partial charge on any atom is 0.333 e. The van der Waals surface area contributed by atoms with Crippen LogP contribution in [0.3, 0.4) is 0 Å². The molecular formula is C24H22O4S. The molecule has 0 aromatic heterocycles. The molecule has 2 rings (SSSR count). The van der Waals surface area contributed by atoms with Crippen molar-refractivity contribution in [3.05, 3.63) is 77.4 Å². The first-order valence-corrected chi connectivity index (χ1v) is 10.7. The molecule has 0 N–H and O–H groups in total. The van der Waals surface area contributed by atoms with E-state index in [4.69, 9.17) is 0 Å². The molecular weight excluding hydrogens is 384 g/mol. The largest absolute Gasteiger partial charge is 0.466 e. The lowest BCUT2D eigenvalue weighted by Gasteiger charge is -1.99. The number of hydrogen-bond donors (Lipinski definition) is 0. The first-order chi connectivity index (χ1) is 13.9. The van der Waals surface area contributed by atoms with Gasteiger partial charge in [-0.3, -0.25) is 0 Å². The van der Waals surface area contributed by atoms with E-state index in [-0.39, 0.29) is 16.6 Å². The highest BCUT2D eigenvalue weighted by Crippen LogP contribution is 2.10. The lowest BCUT2D eigenvalue weighted by atomic mass is 10.1. The van der Waals surface area contributed by atoms with Crippen molar-refractivity contribution in [1.29, 1.82) is 0 Å². The predicted octanol–water partition coefficient (Wildman–Crippen LogP) is 3.76. The lowest BCUT2D eigenvalue weighted by molar-refractivity contribution is -0.136. The van der Waals surface area contributed by atoms with E-state index in [2.05, 4.69) is 28.4 Å². The minimum atomic E-state index is -3.44. The van der Waals surface area contributed by atoms with Gasteiger partial charge in [-0.1, -0.05) is 60.1 Å². The number of allylic oxidation sites excluding steroid dienone is 1. The fourth-order valence-corrected chi connectivity index (χ4v) is 3.40. The van der Waals surface area contributed by atoms with Gasteiger partial charge in [-0.05, 0) is 37.6 Å². The summed E-state index contributed by atoms with van der Waals surface area (Å²) in [6, 6.07) is 15.6. The molecule has 0 saturated heterocycles. The first kappa shape index (κ1) is 22.0. The van der Waals surface area contributed by atoms with Crippen molar-refractivity contribution in [3.63, 3.8) is 0 Å². The molecule has 4 nitrogen and oxygen atoms in total. The van der Waals surface area contributed by atoms with Crippen molar-refractivity contribution in [2.75, 3.05) is 12.9 Å². The van der Waals surface area contributed by atoms with E-state index in [0.717, 1.165) is 5.56 Å². The average molecular weight is 407 g/mol. The summed E-state index contributed by atoms with van der Waals surface area (Å²) in [5, 5.41) is 0. The Labute approximate surface area is 172 Å². The van der Waals surface area contributed by atoms with E-state index in [9.17, 15) is 13.2 Å². The number of unbranched alkanes of at least 4 members (excludes halogenated alkanes) is 1. The smallest absolute Gasteiger partial charge is 0.333 e. The third-order valence-corrected chi connectivity index (χ3v) is 5.48. The molecule has 5 heteroatoms. The van der Waals surface area contributed by atoms with E-state index in [1.54, 1.807) is 43.3 Å². The monoisotopic (exact) mass is 406 g/mol. The van der Waals surface area contributed by atoms with Crippen LogP contribution in [0.2, 0.25) is 0 Å². The van der Waals surface area contributed by atoms with Crippen LogP contribution in [0.5, 0.6) is 0 Å². The molecule has 0 amide bonds. The minimum absolute atomic E-state index is 0.254. The Bertz CT molecular complexity index is 1110. The molecule has 0 saturated carbocycles. The number of rotatable bonds is 5. The van der Waals surface area contributed by atoms with Gasteiger partial charge >= 0.3 is 5.97 Å². The number of carbonyl (C=O) groups is 1. The van der Waals surface area contributed by atoms with Crippen LogP contribution in [0.15, 0.2) is 71.1 Å². The molecule has 0 aliphatic carbocycles. The van der Waals surface area contributed by atoms with Crippen LogP contribution in [0.4, 0.5) is 0 Å². The summed E-state index contributed by atoms with van der Waals surface area (Å²) in [7, 11) is -2.09. The highest BCUT2D eigenvalue weighted by molar-refractivity contribution is 7.91. The van der Waals surface area contributed by atoms with Gasteiger partial charge in [0.2, 0.25) is 0 Å². The number of methoxy groups -OCH3 is 1. The Kier molecular flexibility index (Phi) is 8.27. The second-order valence-electron chi connectivity index (χ2n) is 6.14. The van der Waals surface area contributed by atoms with E-state index in [1.165, 1.54) is 7.11 Å². The van der Waals surface area contributed by atoms with Gasteiger partial charge in [-0.25, -0.2) is 13.2 Å². The fourth-order valence-electron chi connectivity index (χ4n) is 2.40. The molecule has 29 heavy (non-hydrogen) atoms. The molecule has 2 aromatic rings. The van der Waals surface area contributed by atoms with Crippen LogP contribution in [0, 0.1) is 23.7 Å². The number of benzene rings is 2. The van der Waals surface area contributed by atoms with E-state index in [0.29, 0.717) is 24.0 Å². The second kappa shape index (κ2) is 10.9. The number of ether oxygens (including phenoxy) is 1. The van der Waals surface area contributed by atoms with Gasteiger partial charge < -0.3 is 4.74 Å². The molecule has 0 fully saturated rings. The normalized spacial score (nSPS) is 10.9. The Morgan fingerprint density at radius 3 is 2.17 bits per heavy atom. The maximum atomic E-state index is 12.3. The Morgan fingerprint density at radius 1 is 0.966 bits per heavy atom. The van der Waals surface area contributed by atoms with Crippen LogP contribution >= 0.6 is 0 Å². The summed E-state index contributed by atoms with van der Waals surface area (Å²) in [5.41, 5.74) is 1.98. The molecule has 0 radical (unpaired) electrons. The van der Waals surface area contributed by atoms with Crippen molar-refractivity contribution >= 4 is 15.8 Å². The third-order valence-electron chi connectivity index (χ3n) is 3.96. The zero-order chi connectivity index (χ0) is 21.1. The Balaban J connectivity index is 2.06. The summed E-state index contributed by atoms with van der Waals surface area (Å²) >= 11 is 0. The zero-order valence-electron chi connectivity index (χ0n) is 16.4. The average Bonchev–Trinajstić information content (AvgIpc) is 2.74. The van der Waals surface area contributed by atoms with Crippen LogP contribution in [-0.4, -0.2) is 27.2 Å². The Hall–Kier alpha value is -3.28. The standard InChI is InChI=1S/C24H22O4S/c1-20(24(25)28-2)12-5-3-6-13-21-14-9-10-15-22(21)16-11-19-29(26,27)23-17-7-4-8-18-23/h4,7-10,12,14-15,17-18H,3,5,19H2,1-2H3/b20-12+. The third kappa shape index (κ3) is 6.99. The quantitative estimate of drug-likeness (QED) is 0.328. The number of hydrogen-bond acceptors (Lipinski definition) is 4. The topological polar surface area (TPSA) is 60.4 Å². The summed E-state index contributed by atoms with van der Waals surface area (Å²) < 4.78 is 29.3. The van der Waals surface area contributed by atoms with Crippen molar-refractivity contribution in [2.24, 2.45) is 0 Å². The molecule has 0 bridgehead atoms. The van der Waals surface area contributed by atoms with Crippen molar-refractivity contribution < 1.29 is 17.9 Å². The molecule has 148 valence electrons. The van der Waals surface area contributed by atoms with E-state index in [1.807, 2.05) is 24.3 Å². The predicted molar refractivity (Wildman–Crippen MR) is 114 cm³/mol. The summed E-state index contributed by atoms with van der Waals surface area (Å²) in [5.74, 6) is 11.2. The van der Waals surface area contributed by atoms with Crippen LogP contribution < -0.4 is 0 Å². The Morgan fingerprint density at radius 2 is 1.55 bits per heavy atom. The molecule has 0 unspecified atom stereocenters. The van der Waals surface area contributed by atoms with Crippen molar-refractivity contribution in [1.82, 2.24) is 0 Å². The van der Waals surface area contributed by atoms with E-state index < -0.39 is 9.84 Å². The summed E-state index contributed by atoms with van der Waals surface area (Å²) in [6.45, 7) is 1.70. The van der Waals surface area contributed by atoms with Gasteiger partial charge in [0.1, 0.15) is 5.75 Å². The number of sulfone groups is 1. The molecule has 2 aromatic carbocycles. The van der Waals surface area contributed by atoms with Crippen LogP contribution in [0.1, 0.15) is 30.9 Å². The summed E-state index contributed by atoms with van der Waals surface area (Å²) in [4.78, 5) is 11.6. The number of carbonyl (C=O) groups excluding carboxylic acids is 1. The highest BCUT2D eigenvalue weighted by Gasteiger charge is 2.11. The molecule has 0 heterocycles. The zero-order valence-corrected chi connectivity index (χ0v) is 17.3. The maximum absolute atomic E-state index is 12.3. The van der Waals surface area contributed by atoms with Crippen molar-refractivity contribution in [2.45, 2.75) is 24.7 Å². The molecule has 0 atom stereocenters. The van der Waals surface area contributed by atoms with Gasteiger partial charge in [0, 0.05) is 23.1 Å². The van der Waals surface area contributed by atoms with Crippen LogP contribution in [-0.2, 0) is 19.4 Å². The molecule has 0 aliphatic heterocycles. The van der Waals surface area contributed by atoms with E-state index >= 15 is 0 Å². The fraction of sp³-hybridized carbons (Fsp3) is 0.208. The van der Waals surface area contributed by atoms with Crippen LogP contribution in [0.25, 0.3) is 0 Å². The van der Waals surface area contributed by atoms with Crippen molar-refractivity contribution in [3.8, 4) is 23.7 Å². The van der Waals surface area contributed by atoms with Gasteiger partial charge in [0.25, 0.3) is 0 Å². The highest BCUT2D eigenvalue weighted by atomic mass is 32.2.